The smallest absolute Gasteiger partial charge is 0.303 e. The van der Waals surface area contributed by atoms with Gasteiger partial charge in [0.05, 0.1) is 0 Å². The fourth-order valence-electron chi connectivity index (χ4n) is 4.85. The molecule has 2 heterocycles. The summed E-state index contributed by atoms with van der Waals surface area (Å²) < 4.78 is 27.5. The molecular weight excluding hydrogens is 624 g/mol. The number of aliphatic hydroxyl groups is 1. The Labute approximate surface area is 269 Å². The zero-order valence-electron chi connectivity index (χ0n) is 24.9. The van der Waals surface area contributed by atoms with E-state index in [4.69, 9.17) is 35.3 Å². The summed E-state index contributed by atoms with van der Waals surface area (Å²) in [5, 5.41) is 16.5. The maximum Gasteiger partial charge on any atom is 0.303 e. The molecule has 1 fully saturated rings. The normalized spacial score (nSPS) is 22.4. The van der Waals surface area contributed by atoms with Crippen molar-refractivity contribution in [1.29, 1.82) is 0 Å². The van der Waals surface area contributed by atoms with Gasteiger partial charge in [0.2, 0.25) is 11.9 Å². The van der Waals surface area contributed by atoms with Crippen LogP contribution in [0.3, 0.4) is 0 Å². The quantitative estimate of drug-likeness (QED) is 0.213. The molecule has 0 amide bonds. The van der Waals surface area contributed by atoms with Crippen molar-refractivity contribution in [3.63, 3.8) is 0 Å². The predicted molar refractivity (Wildman–Crippen MR) is 163 cm³/mol. The second-order valence-corrected chi connectivity index (χ2v) is 11.5. The summed E-state index contributed by atoms with van der Waals surface area (Å²) in [4.78, 5) is 48.1. The van der Waals surface area contributed by atoms with Crippen LogP contribution in [-0.4, -0.2) is 60.0 Å². The van der Waals surface area contributed by atoms with Crippen LogP contribution in [0, 0.1) is 11.8 Å². The Morgan fingerprint density at radius 3 is 2.11 bits per heavy atom. The van der Waals surface area contributed by atoms with E-state index in [1.165, 1.54) is 6.07 Å². The van der Waals surface area contributed by atoms with Gasteiger partial charge in [-0.25, -0.2) is 0 Å². The molecule has 1 aliphatic rings. The summed E-state index contributed by atoms with van der Waals surface area (Å²) in [6.07, 6.45) is -5.65. The van der Waals surface area contributed by atoms with E-state index in [9.17, 15) is 24.3 Å². The minimum atomic E-state index is -2.46. The Bertz CT molecular complexity index is 1610. The van der Waals surface area contributed by atoms with Crippen LogP contribution in [-0.2, 0) is 55.1 Å². The molecule has 1 unspecified atom stereocenters. The van der Waals surface area contributed by atoms with Crippen LogP contribution in [0.2, 0.25) is 5.02 Å². The van der Waals surface area contributed by atoms with Gasteiger partial charge in [0.1, 0.15) is 12.7 Å². The zero-order chi connectivity index (χ0) is 32.7. The summed E-state index contributed by atoms with van der Waals surface area (Å²) in [5.74, 6) is 0.659. The molecular formula is C33H31ClO10S. The Hall–Kier alpha value is -4.21. The van der Waals surface area contributed by atoms with Crippen molar-refractivity contribution >= 4 is 46.8 Å². The predicted octanol–water partition coefficient (Wildman–Crippen LogP) is 4.29. The number of carbonyl (C=O) groups excluding carboxylic acids is 4. The van der Waals surface area contributed by atoms with Crippen LogP contribution in [0.5, 0.6) is 0 Å². The third-order valence-corrected chi connectivity index (χ3v) is 7.79. The maximum atomic E-state index is 12.3. The number of benzene rings is 2. The summed E-state index contributed by atoms with van der Waals surface area (Å²) >= 11 is 8.14. The highest BCUT2D eigenvalue weighted by atomic mass is 35.5. The minimum Gasteiger partial charge on any atom is -0.463 e. The van der Waals surface area contributed by atoms with Crippen LogP contribution in [0.15, 0.2) is 59.3 Å². The molecule has 10 nitrogen and oxygen atoms in total. The molecule has 12 heteroatoms. The van der Waals surface area contributed by atoms with Gasteiger partial charge in [-0.05, 0) is 53.3 Å². The van der Waals surface area contributed by atoms with E-state index in [-0.39, 0.29) is 5.56 Å². The lowest BCUT2D eigenvalue weighted by Crippen LogP contribution is -2.66. The maximum absolute atomic E-state index is 12.3. The first-order valence-corrected chi connectivity index (χ1v) is 15.1. The molecule has 1 N–H and O–H groups in total. The molecule has 1 saturated heterocycles. The Morgan fingerprint density at radius 2 is 1.51 bits per heavy atom. The van der Waals surface area contributed by atoms with Crippen molar-refractivity contribution in [2.75, 3.05) is 6.61 Å². The summed E-state index contributed by atoms with van der Waals surface area (Å²) in [5.41, 5.74) is 3.35. The van der Waals surface area contributed by atoms with Crippen LogP contribution < -0.4 is 0 Å². The lowest BCUT2D eigenvalue weighted by molar-refractivity contribution is -0.360. The van der Waals surface area contributed by atoms with E-state index in [2.05, 4.69) is 11.8 Å². The van der Waals surface area contributed by atoms with Crippen molar-refractivity contribution in [2.45, 2.75) is 64.3 Å². The van der Waals surface area contributed by atoms with E-state index in [1.807, 2.05) is 41.1 Å². The number of ether oxygens (including phenoxy) is 5. The minimum absolute atomic E-state index is 0.0950. The Kier molecular flexibility index (Phi) is 11.0. The van der Waals surface area contributed by atoms with Gasteiger partial charge in [0, 0.05) is 54.8 Å². The molecule has 4 rings (SSSR count). The highest BCUT2D eigenvalue weighted by Gasteiger charge is 2.60. The molecule has 0 aliphatic carbocycles. The SMILES string of the molecule is CC(=O)OC[C@H]1OC(O)(c2ccc(Cl)c(Cc3ccc(C#Cc4ccsc4)cc3)c2)[C@H](OC(C)=O)[C@@H](OC(C)=O)[C@@H]1OC(C)=O. The molecule has 0 radical (unpaired) electrons. The lowest BCUT2D eigenvalue weighted by atomic mass is 9.86. The molecule has 1 aromatic heterocycles. The van der Waals surface area contributed by atoms with E-state index < -0.39 is 60.7 Å². The number of hydrogen-bond donors (Lipinski definition) is 1. The zero-order valence-corrected chi connectivity index (χ0v) is 26.5. The molecule has 3 aromatic rings. The Balaban J connectivity index is 1.71. The standard InChI is InChI=1S/C33H31ClO10S/c1-19(35)40-17-29-30(41-20(2)36)31(42-21(3)37)32(43-22(4)38)33(39,44-29)27-11-12-28(34)26(16-27)15-24-8-5-23(6-9-24)7-10-25-13-14-45-18-25/h5-6,8-9,11-14,16,18,29-32,39H,15,17H2,1-4H3/t29-,30-,31+,32-,33?/m1/s1. The van der Waals surface area contributed by atoms with Gasteiger partial charge in [-0.1, -0.05) is 41.6 Å². The third-order valence-electron chi connectivity index (χ3n) is 6.73. The van der Waals surface area contributed by atoms with Crippen molar-refractivity contribution in [3.8, 4) is 11.8 Å². The topological polar surface area (TPSA) is 135 Å². The fraction of sp³-hybridized carbons (Fsp3) is 0.333. The number of halogens is 1. The highest BCUT2D eigenvalue weighted by Crippen LogP contribution is 2.42. The van der Waals surface area contributed by atoms with Gasteiger partial charge in [0.25, 0.3) is 0 Å². The monoisotopic (exact) mass is 654 g/mol. The number of hydrogen-bond acceptors (Lipinski definition) is 11. The van der Waals surface area contributed by atoms with Gasteiger partial charge < -0.3 is 28.8 Å². The van der Waals surface area contributed by atoms with Crippen molar-refractivity contribution < 1.29 is 48.0 Å². The molecule has 0 bridgehead atoms. The van der Waals surface area contributed by atoms with Crippen LogP contribution in [0.4, 0.5) is 0 Å². The van der Waals surface area contributed by atoms with Crippen molar-refractivity contribution in [2.24, 2.45) is 0 Å². The van der Waals surface area contributed by atoms with Crippen LogP contribution >= 0.6 is 22.9 Å². The average Bonchev–Trinajstić information content (AvgIpc) is 3.49. The molecule has 45 heavy (non-hydrogen) atoms. The first-order chi connectivity index (χ1) is 21.4. The molecule has 0 saturated carbocycles. The highest BCUT2D eigenvalue weighted by molar-refractivity contribution is 7.08. The summed E-state index contributed by atoms with van der Waals surface area (Å²) in [6.45, 7) is 3.99. The van der Waals surface area contributed by atoms with E-state index in [0.717, 1.165) is 44.4 Å². The van der Waals surface area contributed by atoms with E-state index >= 15 is 0 Å². The van der Waals surface area contributed by atoms with Gasteiger partial charge in [-0.2, -0.15) is 11.3 Å². The van der Waals surface area contributed by atoms with Crippen molar-refractivity contribution in [3.05, 3.63) is 92.1 Å². The van der Waals surface area contributed by atoms with Gasteiger partial charge in [-0.3, -0.25) is 19.2 Å². The van der Waals surface area contributed by atoms with Crippen LogP contribution in [0.1, 0.15) is 55.5 Å². The Morgan fingerprint density at radius 1 is 0.867 bits per heavy atom. The number of thiophene rings is 1. The third kappa shape index (κ3) is 8.71. The molecule has 2 aromatic carbocycles. The van der Waals surface area contributed by atoms with E-state index in [1.54, 1.807) is 23.5 Å². The van der Waals surface area contributed by atoms with Gasteiger partial charge in [-0.15, -0.1) is 0 Å². The van der Waals surface area contributed by atoms with Gasteiger partial charge in [0.15, 0.2) is 12.2 Å². The number of rotatable bonds is 8. The molecule has 236 valence electrons. The number of carbonyl (C=O) groups is 4. The van der Waals surface area contributed by atoms with Crippen molar-refractivity contribution in [1.82, 2.24) is 0 Å². The average molecular weight is 655 g/mol. The van der Waals surface area contributed by atoms with Crippen LogP contribution in [0.25, 0.3) is 0 Å². The summed E-state index contributed by atoms with van der Waals surface area (Å²) in [7, 11) is 0. The number of esters is 4. The molecule has 5 atom stereocenters. The second kappa shape index (κ2) is 14.7. The van der Waals surface area contributed by atoms with E-state index in [0.29, 0.717) is 17.0 Å². The van der Waals surface area contributed by atoms with Gasteiger partial charge >= 0.3 is 23.9 Å². The fourth-order valence-corrected chi connectivity index (χ4v) is 5.62. The molecule has 0 spiro atoms. The first kappa shape index (κ1) is 33.7. The second-order valence-electron chi connectivity index (χ2n) is 10.3. The summed E-state index contributed by atoms with van der Waals surface area (Å²) in [6, 6.07) is 14.1. The molecule has 1 aliphatic heterocycles. The first-order valence-electron chi connectivity index (χ1n) is 13.8. The lowest BCUT2D eigenvalue weighted by Gasteiger charge is -2.48. The largest absolute Gasteiger partial charge is 0.463 e.